The summed E-state index contributed by atoms with van der Waals surface area (Å²) in [5, 5.41) is 19.4. The van der Waals surface area contributed by atoms with Crippen molar-refractivity contribution in [3.05, 3.63) is 28.4 Å². The third-order valence-electron chi connectivity index (χ3n) is 2.34. The van der Waals surface area contributed by atoms with E-state index in [0.29, 0.717) is 6.42 Å². The minimum Gasteiger partial charge on any atom is -0.350 e. The molecule has 16 heavy (non-hydrogen) atoms. The zero-order valence-corrected chi connectivity index (χ0v) is 9.12. The maximum absolute atomic E-state index is 10.8. The number of nitro groups is 1. The van der Waals surface area contributed by atoms with E-state index in [0.717, 1.165) is 0 Å². The molecule has 0 aliphatic heterocycles. The van der Waals surface area contributed by atoms with E-state index in [1.807, 2.05) is 13.0 Å². The van der Waals surface area contributed by atoms with Crippen LogP contribution < -0.4 is 4.90 Å². The van der Waals surface area contributed by atoms with Gasteiger partial charge in [0.05, 0.1) is 17.4 Å². The summed E-state index contributed by atoms with van der Waals surface area (Å²) in [4.78, 5) is 15.9. The molecule has 1 heterocycles. The molecule has 0 aliphatic rings. The largest absolute Gasteiger partial charge is 0.350 e. The third-order valence-corrected chi connectivity index (χ3v) is 2.34. The molecule has 0 bridgehead atoms. The van der Waals surface area contributed by atoms with Crippen molar-refractivity contribution >= 4 is 11.5 Å². The van der Waals surface area contributed by atoms with E-state index >= 15 is 0 Å². The van der Waals surface area contributed by atoms with E-state index in [-0.39, 0.29) is 17.5 Å². The van der Waals surface area contributed by atoms with Crippen molar-refractivity contribution in [1.82, 2.24) is 4.98 Å². The molecule has 1 aromatic rings. The summed E-state index contributed by atoms with van der Waals surface area (Å²) in [6, 6.07) is 4.83. The lowest BCUT2D eigenvalue weighted by Gasteiger charge is -2.23. The molecule has 0 aliphatic carbocycles. The van der Waals surface area contributed by atoms with E-state index < -0.39 is 4.92 Å². The Hall–Kier alpha value is -2.16. The molecule has 0 fully saturated rings. The number of anilines is 1. The second kappa shape index (κ2) is 5.07. The number of rotatable bonds is 4. The quantitative estimate of drug-likeness (QED) is 0.570. The lowest BCUT2D eigenvalue weighted by Crippen LogP contribution is -2.29. The first-order chi connectivity index (χ1) is 7.57. The Labute approximate surface area is 93.3 Å². The smallest absolute Gasteiger partial charge is 0.311 e. The van der Waals surface area contributed by atoms with Crippen molar-refractivity contribution < 1.29 is 4.92 Å². The van der Waals surface area contributed by atoms with Crippen LogP contribution in [0.4, 0.5) is 11.5 Å². The predicted molar refractivity (Wildman–Crippen MR) is 59.0 cm³/mol. The number of hydrogen-bond acceptors (Lipinski definition) is 5. The van der Waals surface area contributed by atoms with Gasteiger partial charge < -0.3 is 4.90 Å². The van der Waals surface area contributed by atoms with Gasteiger partial charge in [-0.05, 0) is 13.0 Å². The van der Waals surface area contributed by atoms with E-state index in [1.54, 1.807) is 11.9 Å². The molecule has 0 spiro atoms. The first kappa shape index (κ1) is 11.9. The van der Waals surface area contributed by atoms with Crippen LogP contribution in [0, 0.1) is 21.4 Å². The van der Waals surface area contributed by atoms with Crippen LogP contribution in [0.3, 0.4) is 0 Å². The number of hydrogen-bond donors (Lipinski definition) is 0. The zero-order chi connectivity index (χ0) is 12.1. The van der Waals surface area contributed by atoms with Crippen LogP contribution in [0.1, 0.15) is 13.3 Å². The van der Waals surface area contributed by atoms with Crippen molar-refractivity contribution in [2.24, 2.45) is 0 Å². The van der Waals surface area contributed by atoms with Gasteiger partial charge in [-0.15, -0.1) is 0 Å². The van der Waals surface area contributed by atoms with Crippen molar-refractivity contribution in [3.63, 3.8) is 0 Å². The summed E-state index contributed by atoms with van der Waals surface area (Å²) in [6.07, 6.45) is 1.79. The van der Waals surface area contributed by atoms with E-state index in [9.17, 15) is 10.1 Å². The molecule has 1 aromatic heterocycles. The molecular formula is C10H12N4O2. The Kier molecular flexibility index (Phi) is 3.78. The molecule has 0 radical (unpaired) electrons. The Morgan fingerprint density at radius 1 is 1.75 bits per heavy atom. The molecule has 1 atom stereocenters. The number of nitriles is 1. The Morgan fingerprint density at radius 3 is 3.00 bits per heavy atom. The minimum absolute atomic E-state index is 0.0465. The summed E-state index contributed by atoms with van der Waals surface area (Å²) < 4.78 is 0. The van der Waals surface area contributed by atoms with Gasteiger partial charge in [-0.25, -0.2) is 4.98 Å². The average Bonchev–Trinajstić information content (AvgIpc) is 2.28. The molecule has 0 saturated carbocycles. The molecule has 6 heteroatoms. The molecule has 0 N–H and O–H groups in total. The SMILES string of the molecule is CC(CC#N)N(C)c1ncccc1[N+](=O)[O-]. The normalized spacial score (nSPS) is 11.6. The second-order valence-corrected chi connectivity index (χ2v) is 3.43. The van der Waals surface area contributed by atoms with Crippen LogP contribution in [0.5, 0.6) is 0 Å². The maximum Gasteiger partial charge on any atom is 0.311 e. The number of pyridine rings is 1. The molecular weight excluding hydrogens is 208 g/mol. The van der Waals surface area contributed by atoms with Crippen LogP contribution in [0.25, 0.3) is 0 Å². The fourth-order valence-electron chi connectivity index (χ4n) is 1.28. The summed E-state index contributed by atoms with van der Waals surface area (Å²) >= 11 is 0. The summed E-state index contributed by atoms with van der Waals surface area (Å²) in [5.41, 5.74) is -0.0465. The van der Waals surface area contributed by atoms with Gasteiger partial charge in [0.1, 0.15) is 0 Å². The minimum atomic E-state index is -0.474. The van der Waals surface area contributed by atoms with Gasteiger partial charge in [-0.2, -0.15) is 5.26 Å². The van der Waals surface area contributed by atoms with Crippen molar-refractivity contribution in [2.75, 3.05) is 11.9 Å². The topological polar surface area (TPSA) is 83.1 Å². The van der Waals surface area contributed by atoms with Gasteiger partial charge in [0.25, 0.3) is 0 Å². The van der Waals surface area contributed by atoms with Crippen molar-refractivity contribution in [3.8, 4) is 6.07 Å². The fraction of sp³-hybridized carbons (Fsp3) is 0.400. The molecule has 1 unspecified atom stereocenters. The van der Waals surface area contributed by atoms with Gasteiger partial charge in [0.15, 0.2) is 0 Å². The first-order valence-corrected chi connectivity index (χ1v) is 4.77. The lowest BCUT2D eigenvalue weighted by molar-refractivity contribution is -0.384. The monoisotopic (exact) mass is 220 g/mol. The van der Waals surface area contributed by atoms with E-state index in [1.165, 1.54) is 18.3 Å². The van der Waals surface area contributed by atoms with Crippen molar-refractivity contribution in [1.29, 1.82) is 5.26 Å². The first-order valence-electron chi connectivity index (χ1n) is 4.77. The highest BCUT2D eigenvalue weighted by atomic mass is 16.6. The van der Waals surface area contributed by atoms with Crippen LogP contribution in [-0.4, -0.2) is 23.0 Å². The van der Waals surface area contributed by atoms with E-state index in [2.05, 4.69) is 4.98 Å². The van der Waals surface area contributed by atoms with Gasteiger partial charge in [-0.1, -0.05) is 0 Å². The van der Waals surface area contributed by atoms with Gasteiger partial charge >= 0.3 is 5.69 Å². The molecule has 84 valence electrons. The third kappa shape index (κ3) is 2.45. The average molecular weight is 220 g/mol. The summed E-state index contributed by atoms with van der Waals surface area (Å²) in [6.45, 7) is 1.82. The van der Waals surface area contributed by atoms with Gasteiger partial charge in [0, 0.05) is 25.4 Å². The standard InChI is InChI=1S/C10H12N4O2/c1-8(5-6-11)13(2)10-9(14(15)16)4-3-7-12-10/h3-4,7-8H,5H2,1-2H3. The summed E-state index contributed by atoms with van der Waals surface area (Å²) in [5.74, 6) is 0.287. The summed E-state index contributed by atoms with van der Waals surface area (Å²) in [7, 11) is 1.69. The maximum atomic E-state index is 10.8. The number of nitrogens with zero attached hydrogens (tertiary/aromatic N) is 4. The highest BCUT2D eigenvalue weighted by Crippen LogP contribution is 2.25. The highest BCUT2D eigenvalue weighted by Gasteiger charge is 2.21. The van der Waals surface area contributed by atoms with Crippen LogP contribution in [0.15, 0.2) is 18.3 Å². The predicted octanol–water partition coefficient (Wildman–Crippen LogP) is 1.73. The van der Waals surface area contributed by atoms with E-state index in [4.69, 9.17) is 5.26 Å². The van der Waals surface area contributed by atoms with Crippen molar-refractivity contribution in [2.45, 2.75) is 19.4 Å². The van der Waals surface area contributed by atoms with Crippen LogP contribution >= 0.6 is 0 Å². The zero-order valence-electron chi connectivity index (χ0n) is 9.12. The number of aromatic nitrogens is 1. The van der Waals surface area contributed by atoms with Crippen LogP contribution in [-0.2, 0) is 0 Å². The molecule has 0 aromatic carbocycles. The lowest BCUT2D eigenvalue weighted by atomic mass is 10.2. The second-order valence-electron chi connectivity index (χ2n) is 3.43. The van der Waals surface area contributed by atoms with Gasteiger partial charge in [-0.3, -0.25) is 10.1 Å². The molecule has 0 saturated heterocycles. The molecule has 0 amide bonds. The van der Waals surface area contributed by atoms with Crippen LogP contribution in [0.2, 0.25) is 0 Å². The molecule has 1 rings (SSSR count). The Balaban J connectivity index is 3.04. The molecule has 6 nitrogen and oxygen atoms in total. The highest BCUT2D eigenvalue weighted by molar-refractivity contribution is 5.57. The Morgan fingerprint density at radius 2 is 2.44 bits per heavy atom. The fourth-order valence-corrected chi connectivity index (χ4v) is 1.28. The Bertz CT molecular complexity index is 427. The van der Waals surface area contributed by atoms with Gasteiger partial charge in [0.2, 0.25) is 5.82 Å².